The summed E-state index contributed by atoms with van der Waals surface area (Å²) in [6, 6.07) is 54.0. The highest BCUT2D eigenvalue weighted by atomic mass is 79.9. The van der Waals surface area contributed by atoms with Gasteiger partial charge in [-0.2, -0.15) is 0 Å². The highest BCUT2D eigenvalue weighted by Crippen LogP contribution is 2.50. The smallest absolute Gasteiger partial charge is 0.0175 e. The molecule has 0 N–H and O–H groups in total. The van der Waals surface area contributed by atoms with E-state index in [9.17, 15) is 0 Å². The first kappa shape index (κ1) is 29.6. The van der Waals surface area contributed by atoms with Crippen LogP contribution < -0.4 is 0 Å². The summed E-state index contributed by atoms with van der Waals surface area (Å²) in [7, 11) is 0. The van der Waals surface area contributed by atoms with Crippen molar-refractivity contribution in [2.24, 2.45) is 0 Å². The summed E-state index contributed by atoms with van der Waals surface area (Å²) < 4.78 is 2.21. The van der Waals surface area contributed by atoms with Crippen LogP contribution in [0.1, 0.15) is 24.0 Å². The highest BCUT2D eigenvalue weighted by molar-refractivity contribution is 9.10. The predicted octanol–water partition coefficient (Wildman–Crippen LogP) is 14.2. The Morgan fingerprint density at radius 1 is 0.312 bits per heavy atom. The van der Waals surface area contributed by atoms with Crippen molar-refractivity contribution in [2.45, 2.75) is 25.7 Å². The maximum Gasteiger partial charge on any atom is 0.0175 e. The number of hydrogen-bond acceptors (Lipinski definition) is 0. The minimum Gasteiger partial charge on any atom is -0.0622 e. The maximum atomic E-state index is 3.71. The molecule has 230 valence electrons. The van der Waals surface area contributed by atoms with Gasteiger partial charge in [0.1, 0.15) is 0 Å². The van der Waals surface area contributed by atoms with E-state index in [1.165, 1.54) is 101 Å². The first-order chi connectivity index (χ1) is 23.7. The second-order valence-corrected chi connectivity index (χ2v) is 14.7. The largest absolute Gasteiger partial charge is 0.0622 e. The van der Waals surface area contributed by atoms with Crippen LogP contribution in [0.5, 0.6) is 0 Å². The van der Waals surface area contributed by atoms with Crippen LogP contribution in [0.2, 0.25) is 0 Å². The molecule has 0 amide bonds. The van der Waals surface area contributed by atoms with Gasteiger partial charge in [-0.15, -0.1) is 0 Å². The minimum absolute atomic E-state index is 1.09. The molecule has 1 aliphatic rings. The van der Waals surface area contributed by atoms with E-state index in [0.717, 1.165) is 21.8 Å². The lowest BCUT2D eigenvalue weighted by Crippen LogP contribution is -2.08. The van der Waals surface area contributed by atoms with Gasteiger partial charge in [0.15, 0.2) is 0 Å². The van der Waals surface area contributed by atoms with Gasteiger partial charge in [0.2, 0.25) is 0 Å². The second kappa shape index (κ2) is 12.2. The van der Waals surface area contributed by atoms with E-state index in [1.54, 1.807) is 0 Å². The van der Waals surface area contributed by atoms with Gasteiger partial charge in [-0.3, -0.25) is 0 Å². The summed E-state index contributed by atoms with van der Waals surface area (Å²) >= 11 is 7.42. The van der Waals surface area contributed by atoms with Crippen LogP contribution in [0, 0.1) is 0 Å². The molecule has 48 heavy (non-hydrogen) atoms. The average molecular weight is 745 g/mol. The van der Waals surface area contributed by atoms with E-state index in [2.05, 4.69) is 177 Å². The fourth-order valence-corrected chi connectivity index (χ4v) is 8.67. The van der Waals surface area contributed by atoms with E-state index in [-0.39, 0.29) is 0 Å². The molecule has 0 fully saturated rings. The van der Waals surface area contributed by atoms with Crippen LogP contribution in [0.15, 0.2) is 155 Å². The van der Waals surface area contributed by atoms with E-state index >= 15 is 0 Å². The van der Waals surface area contributed by atoms with E-state index < -0.39 is 0 Å². The molecule has 8 aromatic rings. The van der Waals surface area contributed by atoms with Gasteiger partial charge >= 0.3 is 0 Å². The molecule has 0 atom stereocenters. The third-order valence-electron chi connectivity index (χ3n) is 10.2. The summed E-state index contributed by atoms with van der Waals surface area (Å²) in [5.41, 5.74) is 13.5. The molecule has 0 aliphatic heterocycles. The second-order valence-electron chi connectivity index (χ2n) is 12.9. The number of rotatable bonds is 4. The molecule has 1 aliphatic carbocycles. The summed E-state index contributed by atoms with van der Waals surface area (Å²) in [4.78, 5) is 0. The molecule has 0 heterocycles. The Kier molecular flexibility index (Phi) is 7.52. The zero-order valence-corrected chi connectivity index (χ0v) is 29.6. The lowest BCUT2D eigenvalue weighted by molar-refractivity contribution is 0.689. The molecule has 0 bridgehead atoms. The van der Waals surface area contributed by atoms with E-state index in [0.29, 0.717) is 0 Å². The molecule has 0 spiro atoms. The standard InChI is InChI=1S/C46H32Br2/c47-33-23-19-31(20-24-33)45-37-17-9-10-18-38(37)46(32-21-25-34(48)26-22-32)42-28-40-39(27-41(42)45)43(29-11-3-1-4-12-29)35-15-7-8-16-36(35)44(40)30-13-5-2-6-14-30/h1-8,11-16,19-28H,9-10,17-18H2. The lowest BCUT2D eigenvalue weighted by Gasteiger charge is -2.27. The fourth-order valence-electron chi connectivity index (χ4n) is 8.14. The molecule has 9 rings (SSSR count). The van der Waals surface area contributed by atoms with Crippen molar-refractivity contribution in [3.63, 3.8) is 0 Å². The van der Waals surface area contributed by atoms with Gasteiger partial charge < -0.3 is 0 Å². The Balaban J connectivity index is 1.55. The fraction of sp³-hybridized carbons (Fsp3) is 0.0870. The monoisotopic (exact) mass is 742 g/mol. The van der Waals surface area contributed by atoms with Crippen molar-refractivity contribution >= 4 is 64.2 Å². The minimum atomic E-state index is 1.09. The summed E-state index contributed by atoms with van der Waals surface area (Å²) in [6.07, 6.45) is 4.62. The highest BCUT2D eigenvalue weighted by Gasteiger charge is 2.26. The van der Waals surface area contributed by atoms with Crippen molar-refractivity contribution in [3.05, 3.63) is 166 Å². The normalized spacial score (nSPS) is 12.9. The molecule has 8 aromatic carbocycles. The van der Waals surface area contributed by atoms with Crippen LogP contribution in [0.4, 0.5) is 0 Å². The molecule has 0 nitrogen and oxygen atoms in total. The Labute approximate surface area is 298 Å². The summed E-state index contributed by atoms with van der Waals surface area (Å²) in [5.74, 6) is 0. The molecule has 0 radical (unpaired) electrons. The Morgan fingerprint density at radius 2 is 0.646 bits per heavy atom. The zero-order chi connectivity index (χ0) is 32.2. The van der Waals surface area contributed by atoms with Crippen molar-refractivity contribution in [1.29, 1.82) is 0 Å². The van der Waals surface area contributed by atoms with Crippen LogP contribution in [0.25, 0.3) is 76.8 Å². The van der Waals surface area contributed by atoms with Crippen LogP contribution >= 0.6 is 31.9 Å². The van der Waals surface area contributed by atoms with Gasteiger partial charge in [-0.05, 0) is 150 Å². The van der Waals surface area contributed by atoms with Crippen LogP contribution in [0.3, 0.4) is 0 Å². The summed E-state index contributed by atoms with van der Waals surface area (Å²) in [6.45, 7) is 0. The third kappa shape index (κ3) is 4.93. The number of benzene rings is 8. The SMILES string of the molecule is Brc1ccc(-c2c3c(c(-c4ccc(Br)cc4)c4cc5c(-c6ccccc6)c6ccccc6c(-c6ccccc6)c5cc24)CCCC3)cc1. The van der Waals surface area contributed by atoms with Crippen molar-refractivity contribution in [1.82, 2.24) is 0 Å². The molecular weight excluding hydrogens is 712 g/mol. The first-order valence-corrected chi connectivity index (χ1v) is 18.4. The quantitative estimate of drug-likeness (QED) is 0.157. The number of fused-ring (bicyclic) bond motifs is 4. The molecular formula is C46H32Br2. The van der Waals surface area contributed by atoms with Gasteiger partial charge in [0, 0.05) is 8.95 Å². The molecule has 2 heteroatoms. The van der Waals surface area contributed by atoms with Gasteiger partial charge in [0.05, 0.1) is 0 Å². The zero-order valence-electron chi connectivity index (χ0n) is 26.4. The molecule has 0 saturated carbocycles. The van der Waals surface area contributed by atoms with Crippen molar-refractivity contribution < 1.29 is 0 Å². The van der Waals surface area contributed by atoms with E-state index in [1.807, 2.05) is 0 Å². The average Bonchev–Trinajstić information content (AvgIpc) is 3.14. The van der Waals surface area contributed by atoms with E-state index in [4.69, 9.17) is 0 Å². The topological polar surface area (TPSA) is 0 Å². The molecule has 0 aromatic heterocycles. The van der Waals surface area contributed by atoms with Crippen LogP contribution in [-0.4, -0.2) is 0 Å². The van der Waals surface area contributed by atoms with Gasteiger partial charge in [-0.1, -0.05) is 141 Å². The Hall–Kier alpha value is -4.50. The Bertz CT molecular complexity index is 2300. The molecule has 0 unspecified atom stereocenters. The Morgan fingerprint density at radius 3 is 1.04 bits per heavy atom. The maximum absolute atomic E-state index is 3.71. The lowest BCUT2D eigenvalue weighted by atomic mass is 9.76. The molecule has 0 saturated heterocycles. The van der Waals surface area contributed by atoms with Crippen molar-refractivity contribution in [3.8, 4) is 44.5 Å². The third-order valence-corrected chi connectivity index (χ3v) is 11.2. The van der Waals surface area contributed by atoms with Crippen LogP contribution in [-0.2, 0) is 12.8 Å². The number of hydrogen-bond donors (Lipinski definition) is 0. The van der Waals surface area contributed by atoms with Crippen molar-refractivity contribution in [2.75, 3.05) is 0 Å². The van der Waals surface area contributed by atoms with Gasteiger partial charge in [0.25, 0.3) is 0 Å². The van der Waals surface area contributed by atoms with Gasteiger partial charge in [-0.25, -0.2) is 0 Å². The summed E-state index contributed by atoms with van der Waals surface area (Å²) in [5, 5.41) is 7.81. The predicted molar refractivity (Wildman–Crippen MR) is 213 cm³/mol. The number of halogens is 2. The first-order valence-electron chi connectivity index (χ1n) is 16.8.